The second kappa shape index (κ2) is 7.75. The summed E-state index contributed by atoms with van der Waals surface area (Å²) < 4.78 is 5.35. The Balaban J connectivity index is 1.64. The first kappa shape index (κ1) is 17.6. The van der Waals surface area contributed by atoms with Crippen molar-refractivity contribution in [3.05, 3.63) is 54.4 Å². The molecule has 0 bridgehead atoms. The minimum atomic E-state index is -0.824. The van der Waals surface area contributed by atoms with E-state index in [1.54, 1.807) is 42.6 Å². The predicted molar refractivity (Wildman–Crippen MR) is 93.3 cm³/mol. The summed E-state index contributed by atoms with van der Waals surface area (Å²) in [4.78, 5) is 41.7. The minimum absolute atomic E-state index is 0.0423. The molecule has 2 heterocycles. The zero-order valence-electron chi connectivity index (χ0n) is 14.1. The van der Waals surface area contributed by atoms with Crippen LogP contribution in [0.3, 0.4) is 0 Å². The van der Waals surface area contributed by atoms with Crippen molar-refractivity contribution in [1.29, 1.82) is 0 Å². The van der Waals surface area contributed by atoms with E-state index in [0.29, 0.717) is 23.6 Å². The van der Waals surface area contributed by atoms with Gasteiger partial charge in [-0.05, 0) is 43.3 Å². The summed E-state index contributed by atoms with van der Waals surface area (Å²) in [6.07, 6.45) is 2.92. The maximum atomic E-state index is 12.5. The van der Waals surface area contributed by atoms with Gasteiger partial charge in [-0.3, -0.25) is 24.8 Å². The van der Waals surface area contributed by atoms with Crippen LogP contribution in [0.1, 0.15) is 23.7 Å². The molecule has 26 heavy (non-hydrogen) atoms. The van der Waals surface area contributed by atoms with E-state index in [9.17, 15) is 14.4 Å². The standard InChI is InChI=1S/C18H18N4O4/c1-2-26-14-7-5-13(6-8-14)22-16(23)10-15(18(22)25)20-21-17(24)12-4-3-9-19-11-12/h3-9,11,15,20H,2,10H2,1H3,(H,21,24)/t15-/m1/s1. The van der Waals surface area contributed by atoms with Gasteiger partial charge in [-0.15, -0.1) is 0 Å². The van der Waals surface area contributed by atoms with Gasteiger partial charge in [0.05, 0.1) is 24.3 Å². The van der Waals surface area contributed by atoms with E-state index in [0.717, 1.165) is 4.90 Å². The van der Waals surface area contributed by atoms with Crippen LogP contribution in [0.15, 0.2) is 48.8 Å². The number of aromatic nitrogens is 1. The highest BCUT2D eigenvalue weighted by Crippen LogP contribution is 2.25. The number of anilines is 1. The number of hydrogen-bond donors (Lipinski definition) is 2. The molecule has 0 unspecified atom stereocenters. The van der Waals surface area contributed by atoms with Crippen LogP contribution in [-0.4, -0.2) is 35.4 Å². The van der Waals surface area contributed by atoms with E-state index in [2.05, 4.69) is 15.8 Å². The fourth-order valence-electron chi connectivity index (χ4n) is 2.60. The molecule has 1 aliphatic heterocycles. The van der Waals surface area contributed by atoms with E-state index >= 15 is 0 Å². The molecule has 1 aliphatic rings. The number of nitrogens with one attached hydrogen (secondary N) is 2. The lowest BCUT2D eigenvalue weighted by atomic mass is 10.2. The van der Waals surface area contributed by atoms with Crippen molar-refractivity contribution in [1.82, 2.24) is 15.8 Å². The smallest absolute Gasteiger partial charge is 0.266 e. The molecule has 3 amide bonds. The van der Waals surface area contributed by atoms with Crippen molar-refractivity contribution in [2.24, 2.45) is 0 Å². The predicted octanol–water partition coefficient (Wildman–Crippen LogP) is 1.05. The largest absolute Gasteiger partial charge is 0.494 e. The number of ether oxygens (including phenoxy) is 1. The molecule has 2 N–H and O–H groups in total. The Morgan fingerprint density at radius 3 is 2.69 bits per heavy atom. The summed E-state index contributed by atoms with van der Waals surface area (Å²) in [7, 11) is 0. The Kier molecular flexibility index (Phi) is 5.23. The summed E-state index contributed by atoms with van der Waals surface area (Å²) in [5, 5.41) is 0. The highest BCUT2D eigenvalue weighted by molar-refractivity contribution is 6.22. The van der Waals surface area contributed by atoms with Gasteiger partial charge in [-0.25, -0.2) is 10.3 Å². The fourth-order valence-corrected chi connectivity index (χ4v) is 2.60. The van der Waals surface area contributed by atoms with Crippen molar-refractivity contribution in [2.45, 2.75) is 19.4 Å². The van der Waals surface area contributed by atoms with Crippen LogP contribution in [0.25, 0.3) is 0 Å². The summed E-state index contributed by atoms with van der Waals surface area (Å²) >= 11 is 0. The maximum absolute atomic E-state index is 12.5. The summed E-state index contributed by atoms with van der Waals surface area (Å²) in [5.41, 5.74) is 5.88. The number of hydrogen-bond acceptors (Lipinski definition) is 6. The third kappa shape index (κ3) is 3.70. The van der Waals surface area contributed by atoms with Gasteiger partial charge in [0.15, 0.2) is 0 Å². The number of nitrogens with zero attached hydrogens (tertiary/aromatic N) is 2. The van der Waals surface area contributed by atoms with Gasteiger partial charge in [-0.2, -0.15) is 0 Å². The molecule has 1 saturated heterocycles. The lowest BCUT2D eigenvalue weighted by molar-refractivity contribution is -0.121. The Morgan fingerprint density at radius 1 is 1.27 bits per heavy atom. The van der Waals surface area contributed by atoms with Crippen LogP contribution in [0.2, 0.25) is 0 Å². The molecule has 0 spiro atoms. The molecule has 1 aromatic heterocycles. The number of pyridine rings is 1. The molecule has 0 saturated carbocycles. The van der Waals surface area contributed by atoms with Crippen LogP contribution in [0.5, 0.6) is 5.75 Å². The molecular weight excluding hydrogens is 336 g/mol. The monoisotopic (exact) mass is 354 g/mol. The number of hydrazine groups is 1. The van der Waals surface area contributed by atoms with Crippen LogP contribution in [0, 0.1) is 0 Å². The van der Waals surface area contributed by atoms with E-state index in [1.807, 2.05) is 6.92 Å². The van der Waals surface area contributed by atoms with Gasteiger partial charge < -0.3 is 4.74 Å². The lowest BCUT2D eigenvalue weighted by Crippen LogP contribution is -2.48. The van der Waals surface area contributed by atoms with Crippen LogP contribution in [-0.2, 0) is 9.59 Å². The van der Waals surface area contributed by atoms with Crippen molar-refractivity contribution >= 4 is 23.4 Å². The highest BCUT2D eigenvalue weighted by atomic mass is 16.5. The second-order valence-corrected chi connectivity index (χ2v) is 5.59. The van der Waals surface area contributed by atoms with Crippen LogP contribution >= 0.6 is 0 Å². The number of imide groups is 1. The first-order valence-electron chi connectivity index (χ1n) is 8.15. The van der Waals surface area contributed by atoms with Crippen molar-refractivity contribution in [3.63, 3.8) is 0 Å². The average Bonchev–Trinajstić information content (AvgIpc) is 2.95. The van der Waals surface area contributed by atoms with Gasteiger partial charge >= 0.3 is 0 Å². The average molecular weight is 354 g/mol. The topological polar surface area (TPSA) is 101 Å². The third-order valence-corrected chi connectivity index (χ3v) is 3.84. The summed E-state index contributed by atoms with van der Waals surface area (Å²) in [5.74, 6) is -0.537. The molecule has 8 heteroatoms. The Hall–Kier alpha value is -3.26. The van der Waals surface area contributed by atoms with E-state index in [4.69, 9.17) is 4.74 Å². The molecule has 0 aliphatic carbocycles. The van der Waals surface area contributed by atoms with Gasteiger partial charge in [0.1, 0.15) is 11.8 Å². The van der Waals surface area contributed by atoms with Crippen LogP contribution in [0.4, 0.5) is 5.69 Å². The molecule has 1 aromatic carbocycles. The first-order chi connectivity index (χ1) is 12.6. The quantitative estimate of drug-likeness (QED) is 0.594. The van der Waals surface area contributed by atoms with Gasteiger partial charge in [0.2, 0.25) is 5.91 Å². The van der Waals surface area contributed by atoms with Crippen molar-refractivity contribution in [2.75, 3.05) is 11.5 Å². The molecule has 0 radical (unpaired) electrons. The van der Waals surface area contributed by atoms with E-state index in [1.165, 1.54) is 6.20 Å². The molecule has 2 aromatic rings. The molecule has 1 atom stereocenters. The normalized spacial score (nSPS) is 16.7. The second-order valence-electron chi connectivity index (χ2n) is 5.59. The molecule has 134 valence electrons. The van der Waals surface area contributed by atoms with Gasteiger partial charge in [0, 0.05) is 12.4 Å². The third-order valence-electron chi connectivity index (χ3n) is 3.84. The molecule has 3 rings (SSSR count). The van der Waals surface area contributed by atoms with Gasteiger partial charge in [-0.1, -0.05) is 0 Å². The zero-order chi connectivity index (χ0) is 18.5. The molecule has 1 fully saturated rings. The maximum Gasteiger partial charge on any atom is 0.266 e. The Labute approximate surface area is 150 Å². The molecular formula is C18H18N4O4. The number of carbonyl (C=O) groups is 3. The summed E-state index contributed by atoms with van der Waals surface area (Å²) in [6, 6.07) is 9.10. The number of benzene rings is 1. The lowest BCUT2D eigenvalue weighted by Gasteiger charge is -2.16. The number of carbonyl (C=O) groups excluding carboxylic acids is 3. The van der Waals surface area contributed by atoms with Gasteiger partial charge in [0.25, 0.3) is 11.8 Å². The fraction of sp³-hybridized carbons (Fsp3) is 0.222. The number of rotatable bonds is 6. The summed E-state index contributed by atoms with van der Waals surface area (Å²) in [6.45, 7) is 2.40. The van der Waals surface area contributed by atoms with Crippen molar-refractivity contribution < 1.29 is 19.1 Å². The SMILES string of the molecule is CCOc1ccc(N2C(=O)C[C@@H](NNC(=O)c3cccnc3)C2=O)cc1. The van der Waals surface area contributed by atoms with Crippen molar-refractivity contribution in [3.8, 4) is 5.75 Å². The molecule has 8 nitrogen and oxygen atoms in total. The van der Waals surface area contributed by atoms with Crippen LogP contribution < -0.4 is 20.5 Å². The number of amides is 3. The first-order valence-corrected chi connectivity index (χ1v) is 8.15. The highest BCUT2D eigenvalue weighted by Gasteiger charge is 2.39. The Morgan fingerprint density at radius 2 is 2.04 bits per heavy atom. The minimum Gasteiger partial charge on any atom is -0.494 e. The Bertz CT molecular complexity index is 808. The van der Waals surface area contributed by atoms with E-state index in [-0.39, 0.29) is 12.3 Å². The zero-order valence-corrected chi connectivity index (χ0v) is 14.1. The van der Waals surface area contributed by atoms with E-state index < -0.39 is 17.9 Å².